The highest BCUT2D eigenvalue weighted by Crippen LogP contribution is 2.19. The van der Waals surface area contributed by atoms with Crippen molar-refractivity contribution in [1.82, 2.24) is 20.0 Å². The van der Waals surface area contributed by atoms with E-state index in [1.807, 2.05) is 48.9 Å². The van der Waals surface area contributed by atoms with E-state index in [0.717, 1.165) is 41.1 Å². The van der Waals surface area contributed by atoms with Crippen LogP contribution in [0.2, 0.25) is 0 Å². The lowest BCUT2D eigenvalue weighted by atomic mass is 10.2. The Morgan fingerprint density at radius 1 is 1.10 bits per heavy atom. The van der Waals surface area contributed by atoms with Crippen LogP contribution in [0.15, 0.2) is 59.1 Å². The van der Waals surface area contributed by atoms with E-state index in [-0.39, 0.29) is 5.91 Å². The van der Waals surface area contributed by atoms with E-state index < -0.39 is 0 Å². The first-order valence-electron chi connectivity index (χ1n) is 9.78. The normalized spacial score (nSPS) is 11.1. The number of benzene rings is 2. The van der Waals surface area contributed by atoms with E-state index >= 15 is 0 Å². The molecule has 0 bridgehead atoms. The Morgan fingerprint density at radius 2 is 1.79 bits per heavy atom. The molecule has 3 rings (SSSR count). The van der Waals surface area contributed by atoms with Crippen molar-refractivity contribution in [1.29, 1.82) is 0 Å². The van der Waals surface area contributed by atoms with Gasteiger partial charge in [0.15, 0.2) is 0 Å². The summed E-state index contributed by atoms with van der Waals surface area (Å²) in [5.74, 6) is -0.0610. The molecule has 1 aromatic heterocycles. The van der Waals surface area contributed by atoms with E-state index in [9.17, 15) is 4.79 Å². The quantitative estimate of drug-likeness (QED) is 0.509. The molecule has 1 N–H and O–H groups in total. The molecule has 0 saturated heterocycles. The predicted octanol–water partition coefficient (Wildman–Crippen LogP) is 4.50. The van der Waals surface area contributed by atoms with Gasteiger partial charge in [-0.2, -0.15) is 5.10 Å². The van der Waals surface area contributed by atoms with Gasteiger partial charge in [0.1, 0.15) is 0 Å². The van der Waals surface area contributed by atoms with Crippen LogP contribution in [0.4, 0.5) is 0 Å². The third kappa shape index (κ3) is 5.55. The van der Waals surface area contributed by atoms with Crippen LogP contribution >= 0.6 is 15.9 Å². The zero-order chi connectivity index (χ0) is 20.8. The van der Waals surface area contributed by atoms with Crippen LogP contribution in [0.25, 0.3) is 5.69 Å². The number of nitrogens with zero attached hydrogens (tertiary/aromatic N) is 3. The molecule has 0 saturated carbocycles. The third-order valence-electron chi connectivity index (χ3n) is 4.89. The lowest BCUT2D eigenvalue weighted by Crippen LogP contribution is -2.28. The van der Waals surface area contributed by atoms with Crippen molar-refractivity contribution in [2.75, 3.05) is 20.1 Å². The molecule has 0 aliphatic heterocycles. The summed E-state index contributed by atoms with van der Waals surface area (Å²) >= 11 is 3.45. The van der Waals surface area contributed by atoms with Gasteiger partial charge in [-0.3, -0.25) is 4.79 Å². The molecule has 0 unspecified atom stereocenters. The number of aryl methyl sites for hydroxylation is 1. The van der Waals surface area contributed by atoms with Crippen LogP contribution in [0.1, 0.15) is 33.7 Å². The van der Waals surface area contributed by atoms with Crippen molar-refractivity contribution in [2.45, 2.75) is 26.8 Å². The number of halogens is 1. The highest BCUT2D eigenvalue weighted by atomic mass is 79.9. The summed E-state index contributed by atoms with van der Waals surface area (Å²) in [7, 11) is 2.10. The molecule has 152 valence electrons. The van der Waals surface area contributed by atoms with Crippen molar-refractivity contribution in [3.63, 3.8) is 0 Å². The number of carbonyl (C=O) groups is 1. The zero-order valence-electron chi connectivity index (χ0n) is 17.2. The van der Waals surface area contributed by atoms with E-state index in [1.54, 1.807) is 0 Å². The highest BCUT2D eigenvalue weighted by Gasteiger charge is 2.19. The lowest BCUT2D eigenvalue weighted by molar-refractivity contribution is 0.0950. The summed E-state index contributed by atoms with van der Waals surface area (Å²) in [5, 5.41) is 7.61. The molecule has 0 radical (unpaired) electrons. The third-order valence-corrected chi connectivity index (χ3v) is 5.42. The maximum Gasteiger partial charge on any atom is 0.255 e. The van der Waals surface area contributed by atoms with Crippen LogP contribution in [0.5, 0.6) is 0 Å². The van der Waals surface area contributed by atoms with E-state index in [4.69, 9.17) is 0 Å². The Labute approximate surface area is 180 Å². The van der Waals surface area contributed by atoms with E-state index in [0.29, 0.717) is 12.1 Å². The minimum atomic E-state index is -0.0610. The monoisotopic (exact) mass is 454 g/mol. The number of nitrogens with one attached hydrogen (secondary N) is 1. The Hall–Kier alpha value is -2.44. The summed E-state index contributed by atoms with van der Waals surface area (Å²) in [4.78, 5) is 15.0. The molecular formula is C23H27BrN4O. The molecule has 1 heterocycles. The Kier molecular flexibility index (Phi) is 7.23. The van der Waals surface area contributed by atoms with Crippen LogP contribution < -0.4 is 5.32 Å². The van der Waals surface area contributed by atoms with Gasteiger partial charge in [-0.25, -0.2) is 4.68 Å². The minimum absolute atomic E-state index is 0.0610. The SMILES string of the molecule is Cc1nn(-c2ccc(Br)cc2)c(C)c1C(=O)NCCCN(C)Cc1ccccc1. The number of carbonyl (C=O) groups excluding carboxylic acids is 1. The van der Waals surface area contributed by atoms with Crippen molar-refractivity contribution in [2.24, 2.45) is 0 Å². The van der Waals surface area contributed by atoms with Crippen molar-refractivity contribution >= 4 is 21.8 Å². The largest absolute Gasteiger partial charge is 0.352 e. The molecular weight excluding hydrogens is 428 g/mol. The van der Waals surface area contributed by atoms with Crippen LogP contribution in [-0.2, 0) is 6.54 Å². The minimum Gasteiger partial charge on any atom is -0.352 e. The maximum absolute atomic E-state index is 12.7. The van der Waals surface area contributed by atoms with Gasteiger partial charge in [0.25, 0.3) is 5.91 Å². The first-order valence-corrected chi connectivity index (χ1v) is 10.6. The summed E-state index contributed by atoms with van der Waals surface area (Å²) in [6.07, 6.45) is 0.897. The van der Waals surface area contributed by atoms with Crippen molar-refractivity contribution < 1.29 is 4.79 Å². The molecule has 5 nitrogen and oxygen atoms in total. The number of hydrogen-bond donors (Lipinski definition) is 1. The number of aromatic nitrogens is 2. The van der Waals surface area contributed by atoms with Gasteiger partial charge in [0.2, 0.25) is 0 Å². The van der Waals surface area contributed by atoms with E-state index in [1.165, 1.54) is 5.56 Å². The van der Waals surface area contributed by atoms with Crippen LogP contribution in [-0.4, -0.2) is 40.7 Å². The fourth-order valence-electron chi connectivity index (χ4n) is 3.42. The summed E-state index contributed by atoms with van der Waals surface area (Å²) in [6.45, 7) is 6.29. The molecule has 0 atom stereocenters. The highest BCUT2D eigenvalue weighted by molar-refractivity contribution is 9.10. The fraction of sp³-hybridized carbons (Fsp3) is 0.304. The maximum atomic E-state index is 12.7. The van der Waals surface area contributed by atoms with Gasteiger partial charge < -0.3 is 10.2 Å². The van der Waals surface area contributed by atoms with Gasteiger partial charge in [-0.15, -0.1) is 0 Å². The van der Waals surface area contributed by atoms with Crippen molar-refractivity contribution in [3.8, 4) is 5.69 Å². The standard InChI is InChI=1S/C23H27BrN4O/c1-17-22(18(2)28(26-17)21-12-10-20(24)11-13-21)23(29)25-14-7-15-27(3)16-19-8-5-4-6-9-19/h4-6,8-13H,7,14-16H2,1-3H3,(H,25,29). The second kappa shape index (κ2) is 9.85. The molecule has 0 aliphatic rings. The fourth-order valence-corrected chi connectivity index (χ4v) is 3.68. The average molecular weight is 455 g/mol. The number of hydrogen-bond acceptors (Lipinski definition) is 3. The first-order chi connectivity index (χ1) is 14.0. The number of amides is 1. The van der Waals surface area contributed by atoms with Crippen LogP contribution in [0.3, 0.4) is 0 Å². The second-order valence-corrected chi connectivity index (χ2v) is 8.18. The van der Waals surface area contributed by atoms with Gasteiger partial charge in [0.05, 0.1) is 22.6 Å². The average Bonchev–Trinajstić information content (AvgIpc) is 3.00. The van der Waals surface area contributed by atoms with Crippen molar-refractivity contribution in [3.05, 3.63) is 81.6 Å². The lowest BCUT2D eigenvalue weighted by Gasteiger charge is -2.16. The van der Waals surface area contributed by atoms with Crippen LogP contribution in [0, 0.1) is 13.8 Å². The smallest absolute Gasteiger partial charge is 0.255 e. The van der Waals surface area contributed by atoms with E-state index in [2.05, 4.69) is 62.6 Å². The molecule has 2 aromatic carbocycles. The summed E-state index contributed by atoms with van der Waals surface area (Å²) in [6, 6.07) is 18.3. The predicted molar refractivity (Wildman–Crippen MR) is 120 cm³/mol. The molecule has 6 heteroatoms. The summed E-state index contributed by atoms with van der Waals surface area (Å²) < 4.78 is 2.84. The molecule has 29 heavy (non-hydrogen) atoms. The summed E-state index contributed by atoms with van der Waals surface area (Å²) in [5.41, 5.74) is 4.49. The zero-order valence-corrected chi connectivity index (χ0v) is 18.7. The molecule has 0 spiro atoms. The molecule has 0 fully saturated rings. The topological polar surface area (TPSA) is 50.2 Å². The Morgan fingerprint density at radius 3 is 2.48 bits per heavy atom. The first kappa shape index (κ1) is 21.3. The molecule has 0 aliphatic carbocycles. The second-order valence-electron chi connectivity index (χ2n) is 7.27. The Balaban J connectivity index is 1.54. The Bertz CT molecular complexity index is 951. The molecule has 1 amide bonds. The van der Waals surface area contributed by atoms with Gasteiger partial charge >= 0.3 is 0 Å². The van der Waals surface area contributed by atoms with Gasteiger partial charge in [0, 0.05) is 17.6 Å². The van der Waals surface area contributed by atoms with Gasteiger partial charge in [-0.1, -0.05) is 46.3 Å². The number of rotatable bonds is 8. The molecule has 3 aromatic rings. The van der Waals surface area contributed by atoms with Gasteiger partial charge in [-0.05, 0) is 63.7 Å².